The van der Waals surface area contributed by atoms with E-state index in [0.717, 1.165) is 25.1 Å². The fourth-order valence-electron chi connectivity index (χ4n) is 2.04. The molecule has 0 aromatic heterocycles. The van der Waals surface area contributed by atoms with Crippen molar-refractivity contribution in [3.63, 3.8) is 0 Å². The predicted molar refractivity (Wildman–Crippen MR) is 87.6 cm³/mol. The normalized spacial score (nSPS) is 14.9. The van der Waals surface area contributed by atoms with Gasteiger partial charge in [-0.15, -0.1) is 0 Å². The van der Waals surface area contributed by atoms with Crippen LogP contribution < -0.4 is 10.1 Å². The molecule has 0 amide bonds. The van der Waals surface area contributed by atoms with E-state index in [1.165, 1.54) is 5.56 Å². The van der Waals surface area contributed by atoms with Crippen LogP contribution in [-0.2, 0) is 5.41 Å². The van der Waals surface area contributed by atoms with Crippen LogP contribution >= 0.6 is 0 Å². The van der Waals surface area contributed by atoms with Crippen LogP contribution in [0.1, 0.15) is 59.9 Å². The molecule has 2 nitrogen and oxygen atoms in total. The summed E-state index contributed by atoms with van der Waals surface area (Å²) in [6.07, 6.45) is 2.46. The highest BCUT2D eigenvalue weighted by Crippen LogP contribution is 2.28. The maximum Gasteiger partial charge on any atom is 0.119 e. The second kappa shape index (κ2) is 7.68. The van der Waals surface area contributed by atoms with Gasteiger partial charge in [-0.05, 0) is 56.3 Å². The largest absolute Gasteiger partial charge is 0.489 e. The summed E-state index contributed by atoms with van der Waals surface area (Å²) in [5, 5.41) is 3.47. The van der Waals surface area contributed by atoms with Gasteiger partial charge >= 0.3 is 0 Å². The third-order valence-corrected chi connectivity index (χ3v) is 4.26. The minimum atomic E-state index is 0.173. The Kier molecular flexibility index (Phi) is 6.54. The molecule has 0 aliphatic rings. The average molecular weight is 277 g/mol. The van der Waals surface area contributed by atoms with Crippen LogP contribution in [0.25, 0.3) is 0 Å². The monoisotopic (exact) mass is 277 g/mol. The van der Waals surface area contributed by atoms with E-state index in [1.807, 2.05) is 0 Å². The molecule has 1 rings (SSSR count). The van der Waals surface area contributed by atoms with Crippen LogP contribution in [0, 0.1) is 0 Å². The zero-order chi connectivity index (χ0) is 15.2. The molecular weight excluding hydrogens is 246 g/mol. The van der Waals surface area contributed by atoms with Crippen molar-refractivity contribution in [1.29, 1.82) is 0 Å². The molecular formula is C18H31NO. The molecule has 0 saturated heterocycles. The SMILES string of the molecule is CCCNC(C)C(C)Oc1ccc(C(C)(C)CC)cc1. The Morgan fingerprint density at radius 1 is 1.10 bits per heavy atom. The lowest BCUT2D eigenvalue weighted by Gasteiger charge is -2.25. The van der Waals surface area contributed by atoms with Gasteiger partial charge in [-0.2, -0.15) is 0 Å². The third kappa shape index (κ3) is 4.82. The average Bonchev–Trinajstić information content (AvgIpc) is 2.45. The maximum absolute atomic E-state index is 6.01. The van der Waals surface area contributed by atoms with Gasteiger partial charge in [0, 0.05) is 6.04 Å². The molecule has 2 unspecified atom stereocenters. The Bertz CT molecular complexity index is 383. The fourth-order valence-corrected chi connectivity index (χ4v) is 2.04. The fraction of sp³-hybridized carbons (Fsp3) is 0.667. The van der Waals surface area contributed by atoms with Gasteiger partial charge in [-0.3, -0.25) is 0 Å². The maximum atomic E-state index is 6.01. The molecule has 0 bridgehead atoms. The molecule has 0 aliphatic heterocycles. The van der Waals surface area contributed by atoms with Crippen molar-refractivity contribution >= 4 is 0 Å². The van der Waals surface area contributed by atoms with Crippen LogP contribution in [0.3, 0.4) is 0 Å². The molecule has 1 aromatic rings. The molecule has 1 N–H and O–H groups in total. The first-order valence-corrected chi connectivity index (χ1v) is 7.91. The van der Waals surface area contributed by atoms with E-state index in [4.69, 9.17) is 4.74 Å². The summed E-state index contributed by atoms with van der Waals surface area (Å²) in [5.41, 5.74) is 1.61. The van der Waals surface area contributed by atoms with E-state index in [2.05, 4.69) is 71.1 Å². The summed E-state index contributed by atoms with van der Waals surface area (Å²) in [7, 11) is 0. The Labute approximate surface area is 124 Å². The number of benzene rings is 1. The molecule has 2 heteroatoms. The summed E-state index contributed by atoms with van der Waals surface area (Å²) in [6, 6.07) is 8.93. The Morgan fingerprint density at radius 2 is 1.70 bits per heavy atom. The van der Waals surface area contributed by atoms with E-state index in [9.17, 15) is 0 Å². The van der Waals surface area contributed by atoms with Crippen molar-refractivity contribution in [3.8, 4) is 5.75 Å². The lowest BCUT2D eigenvalue weighted by molar-refractivity contribution is 0.178. The van der Waals surface area contributed by atoms with Gasteiger partial charge in [0.2, 0.25) is 0 Å². The van der Waals surface area contributed by atoms with Crippen molar-refractivity contribution < 1.29 is 4.74 Å². The summed E-state index contributed by atoms with van der Waals surface area (Å²) >= 11 is 0. The van der Waals surface area contributed by atoms with E-state index < -0.39 is 0 Å². The van der Waals surface area contributed by atoms with Crippen molar-refractivity contribution in [1.82, 2.24) is 5.32 Å². The number of nitrogens with one attached hydrogen (secondary N) is 1. The first-order valence-electron chi connectivity index (χ1n) is 7.91. The number of hydrogen-bond acceptors (Lipinski definition) is 2. The van der Waals surface area contributed by atoms with E-state index in [0.29, 0.717) is 6.04 Å². The molecule has 0 fully saturated rings. The van der Waals surface area contributed by atoms with Crippen molar-refractivity contribution in [2.45, 2.75) is 71.9 Å². The first-order chi connectivity index (χ1) is 9.40. The highest BCUT2D eigenvalue weighted by molar-refractivity contribution is 5.31. The quantitative estimate of drug-likeness (QED) is 0.754. The van der Waals surface area contributed by atoms with Crippen LogP contribution in [0.5, 0.6) is 5.75 Å². The summed E-state index contributed by atoms with van der Waals surface area (Å²) in [6.45, 7) is 14.3. The van der Waals surface area contributed by atoms with E-state index >= 15 is 0 Å². The molecule has 0 heterocycles. The Hall–Kier alpha value is -1.02. The zero-order valence-electron chi connectivity index (χ0n) is 14.0. The smallest absolute Gasteiger partial charge is 0.119 e. The summed E-state index contributed by atoms with van der Waals surface area (Å²) in [5.74, 6) is 0.957. The van der Waals surface area contributed by atoms with Gasteiger partial charge in [0.25, 0.3) is 0 Å². The first kappa shape index (κ1) is 17.0. The topological polar surface area (TPSA) is 21.3 Å². The third-order valence-electron chi connectivity index (χ3n) is 4.26. The van der Waals surface area contributed by atoms with Crippen LogP contribution in [0.15, 0.2) is 24.3 Å². The van der Waals surface area contributed by atoms with Gasteiger partial charge in [0.15, 0.2) is 0 Å². The summed E-state index contributed by atoms with van der Waals surface area (Å²) < 4.78 is 6.01. The van der Waals surface area contributed by atoms with Crippen molar-refractivity contribution in [2.75, 3.05) is 6.54 Å². The molecule has 114 valence electrons. The van der Waals surface area contributed by atoms with Gasteiger partial charge in [0.05, 0.1) is 0 Å². The highest BCUT2D eigenvalue weighted by Gasteiger charge is 2.18. The molecule has 1 aromatic carbocycles. The number of rotatable bonds is 8. The molecule has 2 atom stereocenters. The van der Waals surface area contributed by atoms with Crippen LogP contribution in [0.4, 0.5) is 0 Å². The molecule has 0 saturated carbocycles. The second-order valence-electron chi connectivity index (χ2n) is 6.33. The lowest BCUT2D eigenvalue weighted by Crippen LogP contribution is -2.39. The second-order valence-corrected chi connectivity index (χ2v) is 6.33. The minimum Gasteiger partial charge on any atom is -0.489 e. The number of hydrogen-bond donors (Lipinski definition) is 1. The van der Waals surface area contributed by atoms with Gasteiger partial charge in [-0.25, -0.2) is 0 Å². The summed E-state index contributed by atoms with van der Waals surface area (Å²) in [4.78, 5) is 0. The zero-order valence-corrected chi connectivity index (χ0v) is 14.0. The number of ether oxygens (including phenoxy) is 1. The molecule has 20 heavy (non-hydrogen) atoms. The Morgan fingerprint density at radius 3 is 2.20 bits per heavy atom. The van der Waals surface area contributed by atoms with E-state index in [-0.39, 0.29) is 11.5 Å². The van der Waals surface area contributed by atoms with Crippen molar-refractivity contribution in [3.05, 3.63) is 29.8 Å². The minimum absolute atomic E-state index is 0.173. The van der Waals surface area contributed by atoms with Gasteiger partial charge < -0.3 is 10.1 Å². The van der Waals surface area contributed by atoms with E-state index in [1.54, 1.807) is 0 Å². The molecule has 0 radical (unpaired) electrons. The van der Waals surface area contributed by atoms with Gasteiger partial charge in [0.1, 0.15) is 11.9 Å². The van der Waals surface area contributed by atoms with Gasteiger partial charge in [-0.1, -0.05) is 39.8 Å². The van der Waals surface area contributed by atoms with Crippen molar-refractivity contribution in [2.24, 2.45) is 0 Å². The molecule has 0 spiro atoms. The van der Waals surface area contributed by atoms with Crippen LogP contribution in [-0.4, -0.2) is 18.7 Å². The predicted octanol–water partition coefficient (Wildman–Crippen LogP) is 4.53. The standard InChI is InChI=1S/C18H31NO/c1-7-13-19-14(3)15(4)20-17-11-9-16(10-12-17)18(5,6)8-2/h9-12,14-15,19H,7-8,13H2,1-6H3. The molecule has 0 aliphatic carbocycles. The van der Waals surface area contributed by atoms with Crippen LogP contribution in [0.2, 0.25) is 0 Å². The highest BCUT2D eigenvalue weighted by atomic mass is 16.5. The lowest BCUT2D eigenvalue weighted by atomic mass is 9.82. The Balaban J connectivity index is 2.61.